The van der Waals surface area contributed by atoms with Crippen LogP contribution in [0.25, 0.3) is 10.9 Å². The molecule has 0 aliphatic heterocycles. The maximum atomic E-state index is 14.2. The number of anilines is 1. The Labute approximate surface area is 139 Å². The van der Waals surface area contributed by atoms with Crippen molar-refractivity contribution >= 4 is 22.6 Å². The molecule has 134 valence electrons. The molecule has 9 heteroatoms. The molecule has 1 heterocycles. The van der Waals surface area contributed by atoms with Gasteiger partial charge in [0.25, 0.3) is 0 Å². The lowest BCUT2D eigenvalue weighted by molar-refractivity contribution is 0.0524. The molecular formula is C16H15F3N2O4. The second kappa shape index (κ2) is 6.30. The second-order valence-corrected chi connectivity index (χ2v) is 5.58. The lowest BCUT2D eigenvalue weighted by Gasteiger charge is -2.17. The van der Waals surface area contributed by atoms with Crippen LogP contribution in [-0.2, 0) is 4.74 Å². The number of alkyl halides is 1. The van der Waals surface area contributed by atoms with Gasteiger partial charge in [-0.15, -0.1) is 0 Å². The van der Waals surface area contributed by atoms with Crippen LogP contribution in [0.1, 0.15) is 36.2 Å². The van der Waals surface area contributed by atoms with Gasteiger partial charge in [0, 0.05) is 12.2 Å². The normalized spacial score (nSPS) is 13.9. The van der Waals surface area contributed by atoms with Crippen LogP contribution in [0, 0.1) is 11.6 Å². The average Bonchev–Trinajstić information content (AvgIpc) is 3.41. The van der Waals surface area contributed by atoms with Gasteiger partial charge in [-0.25, -0.2) is 13.6 Å². The Bertz CT molecular complexity index is 922. The van der Waals surface area contributed by atoms with Crippen LogP contribution in [0.4, 0.5) is 18.9 Å². The monoisotopic (exact) mass is 356 g/mol. The number of fused-ring (bicyclic) bond motifs is 1. The van der Waals surface area contributed by atoms with Gasteiger partial charge in [0.2, 0.25) is 18.1 Å². The maximum absolute atomic E-state index is 14.2. The molecule has 3 rings (SSSR count). The molecule has 1 aromatic heterocycles. The van der Waals surface area contributed by atoms with E-state index < -0.39 is 46.7 Å². The van der Waals surface area contributed by atoms with Gasteiger partial charge in [-0.1, -0.05) is 0 Å². The van der Waals surface area contributed by atoms with Crippen LogP contribution in [0.3, 0.4) is 0 Å². The highest BCUT2D eigenvalue weighted by molar-refractivity contribution is 6.00. The largest absolute Gasteiger partial charge is 0.462 e. The first kappa shape index (κ1) is 17.1. The summed E-state index contributed by atoms with van der Waals surface area (Å²) in [6, 6.07) is -0.164. The number of nitrogens with two attached hydrogens (primary N) is 1. The number of aromatic nitrogens is 1. The quantitative estimate of drug-likeness (QED) is 0.658. The number of benzene rings is 1. The Morgan fingerprint density at radius 2 is 2.04 bits per heavy atom. The van der Waals surface area contributed by atoms with Crippen molar-refractivity contribution in [1.82, 2.24) is 4.57 Å². The molecule has 0 unspecified atom stereocenters. The predicted molar refractivity (Wildman–Crippen MR) is 83.4 cm³/mol. The van der Waals surface area contributed by atoms with E-state index in [-0.39, 0.29) is 23.7 Å². The molecule has 2 aromatic rings. The van der Waals surface area contributed by atoms with Crippen LogP contribution in [0.5, 0.6) is 5.75 Å². The van der Waals surface area contributed by atoms with E-state index in [0.717, 1.165) is 0 Å². The van der Waals surface area contributed by atoms with Crippen molar-refractivity contribution in [3.05, 3.63) is 33.6 Å². The highest BCUT2D eigenvalue weighted by atomic mass is 19.2. The van der Waals surface area contributed by atoms with Crippen molar-refractivity contribution in [2.45, 2.75) is 25.8 Å². The van der Waals surface area contributed by atoms with Crippen LogP contribution in [0.2, 0.25) is 0 Å². The second-order valence-electron chi connectivity index (χ2n) is 5.58. The van der Waals surface area contributed by atoms with Gasteiger partial charge in [-0.2, -0.15) is 4.39 Å². The standard InChI is InChI=1S/C16H15F3N2O4/c1-2-24-16(23)8-5-21(7-3-4-7)13-9(14(8)22)12(20)10(18)11(19)15(13)25-6-17/h5,7H,2-4,6,20H2,1H3. The molecular weight excluding hydrogens is 341 g/mol. The summed E-state index contributed by atoms with van der Waals surface area (Å²) < 4.78 is 51.8. The van der Waals surface area contributed by atoms with Crippen LogP contribution < -0.4 is 15.9 Å². The molecule has 1 aliphatic carbocycles. The van der Waals surface area contributed by atoms with Gasteiger partial charge >= 0.3 is 5.97 Å². The number of pyridine rings is 1. The smallest absolute Gasteiger partial charge is 0.343 e. The number of halogens is 3. The van der Waals surface area contributed by atoms with Gasteiger partial charge in [0.15, 0.2) is 11.6 Å². The van der Waals surface area contributed by atoms with Crippen LogP contribution >= 0.6 is 0 Å². The van der Waals surface area contributed by atoms with Crippen molar-refractivity contribution in [2.24, 2.45) is 0 Å². The van der Waals surface area contributed by atoms with Gasteiger partial charge in [0.1, 0.15) is 11.1 Å². The molecule has 6 nitrogen and oxygen atoms in total. The van der Waals surface area contributed by atoms with Crippen molar-refractivity contribution in [2.75, 3.05) is 19.2 Å². The molecule has 0 atom stereocenters. The van der Waals surface area contributed by atoms with Crippen molar-refractivity contribution in [1.29, 1.82) is 0 Å². The minimum Gasteiger partial charge on any atom is -0.462 e. The molecule has 2 N–H and O–H groups in total. The third-order valence-electron chi connectivity index (χ3n) is 3.98. The highest BCUT2D eigenvalue weighted by Gasteiger charge is 2.32. The number of ether oxygens (including phenoxy) is 2. The number of hydrogen-bond acceptors (Lipinski definition) is 5. The fourth-order valence-corrected chi connectivity index (χ4v) is 2.73. The number of nitrogens with zero attached hydrogens (tertiary/aromatic N) is 1. The van der Waals surface area contributed by atoms with Gasteiger partial charge in [0.05, 0.1) is 17.7 Å². The number of esters is 1. The van der Waals surface area contributed by atoms with E-state index in [1.165, 1.54) is 10.8 Å². The number of carbonyl (C=O) groups excluding carboxylic acids is 1. The number of rotatable bonds is 5. The Hall–Kier alpha value is -2.71. The molecule has 1 saturated carbocycles. The summed E-state index contributed by atoms with van der Waals surface area (Å²) in [6.07, 6.45) is 2.57. The van der Waals surface area contributed by atoms with Crippen LogP contribution in [-0.4, -0.2) is 24.0 Å². The van der Waals surface area contributed by atoms with E-state index in [1.54, 1.807) is 6.92 Å². The lowest BCUT2D eigenvalue weighted by Crippen LogP contribution is -2.23. The van der Waals surface area contributed by atoms with Crippen molar-refractivity contribution < 1.29 is 27.4 Å². The first-order valence-corrected chi connectivity index (χ1v) is 7.63. The molecule has 1 aliphatic rings. The third kappa shape index (κ3) is 2.69. The maximum Gasteiger partial charge on any atom is 0.343 e. The first-order valence-electron chi connectivity index (χ1n) is 7.63. The summed E-state index contributed by atoms with van der Waals surface area (Å²) >= 11 is 0. The van der Waals surface area contributed by atoms with E-state index >= 15 is 0 Å². The molecule has 0 bridgehead atoms. The van der Waals surface area contributed by atoms with Gasteiger partial charge in [-0.05, 0) is 19.8 Å². The fourth-order valence-electron chi connectivity index (χ4n) is 2.73. The number of nitrogen functional groups attached to an aromatic ring is 1. The van der Waals surface area contributed by atoms with E-state index in [1.807, 2.05) is 0 Å². The van der Waals surface area contributed by atoms with E-state index in [9.17, 15) is 22.8 Å². The summed E-state index contributed by atoms with van der Waals surface area (Å²) in [5.74, 6) is -4.67. The molecule has 0 amide bonds. The van der Waals surface area contributed by atoms with E-state index in [2.05, 4.69) is 4.74 Å². The summed E-state index contributed by atoms with van der Waals surface area (Å²) in [5.41, 5.74) is 3.37. The minimum absolute atomic E-state index is 0.0310. The average molecular weight is 356 g/mol. The topological polar surface area (TPSA) is 83.6 Å². The van der Waals surface area contributed by atoms with E-state index in [4.69, 9.17) is 10.5 Å². The van der Waals surface area contributed by atoms with Crippen molar-refractivity contribution in [3.63, 3.8) is 0 Å². The molecule has 0 radical (unpaired) electrons. The fraction of sp³-hybridized carbons (Fsp3) is 0.375. The zero-order chi connectivity index (χ0) is 18.3. The SMILES string of the molecule is CCOC(=O)c1cn(C2CC2)c2c(OCF)c(F)c(F)c(N)c2c1=O. The molecule has 0 spiro atoms. The summed E-state index contributed by atoms with van der Waals surface area (Å²) in [5, 5.41) is -0.431. The van der Waals surface area contributed by atoms with E-state index in [0.29, 0.717) is 12.8 Å². The molecule has 1 fully saturated rings. The molecule has 1 aromatic carbocycles. The predicted octanol–water partition coefficient (Wildman–Crippen LogP) is 2.68. The zero-order valence-corrected chi connectivity index (χ0v) is 13.3. The number of carbonyl (C=O) groups is 1. The Morgan fingerprint density at radius 3 is 2.60 bits per heavy atom. The summed E-state index contributed by atoms with van der Waals surface area (Å²) in [6.45, 7) is 0.173. The lowest BCUT2D eigenvalue weighted by atomic mass is 10.1. The highest BCUT2D eigenvalue weighted by Crippen LogP contribution is 2.42. The Balaban J connectivity index is 2.46. The molecule has 25 heavy (non-hydrogen) atoms. The van der Waals surface area contributed by atoms with Gasteiger partial charge in [-0.3, -0.25) is 4.79 Å². The first-order chi connectivity index (χ1) is 11.9. The van der Waals surface area contributed by atoms with Crippen LogP contribution in [0.15, 0.2) is 11.0 Å². The summed E-state index contributed by atoms with van der Waals surface area (Å²) in [7, 11) is 0. The molecule has 0 saturated heterocycles. The van der Waals surface area contributed by atoms with Gasteiger partial charge < -0.3 is 19.8 Å². The zero-order valence-electron chi connectivity index (χ0n) is 13.3. The minimum atomic E-state index is -1.53. The van der Waals surface area contributed by atoms with Crippen molar-refractivity contribution in [3.8, 4) is 5.75 Å². The Morgan fingerprint density at radius 1 is 1.36 bits per heavy atom. The third-order valence-corrected chi connectivity index (χ3v) is 3.98. The number of hydrogen-bond donors (Lipinski definition) is 1. The Kier molecular flexibility index (Phi) is 4.32. The summed E-state index contributed by atoms with van der Waals surface area (Å²) in [4.78, 5) is 24.7.